The molecule has 0 fully saturated rings. The predicted molar refractivity (Wildman–Crippen MR) is 84.2 cm³/mol. The van der Waals surface area contributed by atoms with Gasteiger partial charge in [0, 0.05) is 40.5 Å². The first-order chi connectivity index (χ1) is 9.47. The Bertz CT molecular complexity index is 649. The maximum Gasteiger partial charge on any atom is 0.255 e. The smallest absolute Gasteiger partial charge is 0.255 e. The molecule has 104 valence electrons. The van der Waals surface area contributed by atoms with Crippen LogP contribution in [0.15, 0.2) is 41.1 Å². The molecule has 1 aromatic heterocycles. The molecule has 0 radical (unpaired) electrons. The number of hydrogen-bond donors (Lipinski definition) is 0. The summed E-state index contributed by atoms with van der Waals surface area (Å²) in [6, 6.07) is 6.96. The Balaban J connectivity index is 2.15. The topological polar surface area (TPSA) is 33.2 Å². The van der Waals surface area contributed by atoms with Crippen molar-refractivity contribution in [3.8, 4) is 0 Å². The second-order valence-electron chi connectivity index (χ2n) is 4.29. The molecule has 2 rings (SSSR count). The van der Waals surface area contributed by atoms with E-state index in [1.165, 1.54) is 6.20 Å². The zero-order valence-electron chi connectivity index (χ0n) is 10.6. The van der Waals surface area contributed by atoms with Crippen molar-refractivity contribution in [2.75, 3.05) is 7.05 Å². The van der Waals surface area contributed by atoms with Crippen LogP contribution >= 0.6 is 39.1 Å². The number of nitrogens with zero attached hydrogens (tertiary/aromatic N) is 2. The summed E-state index contributed by atoms with van der Waals surface area (Å²) >= 11 is 15.3. The molecule has 3 nitrogen and oxygen atoms in total. The largest absolute Gasteiger partial charge is 0.337 e. The molecule has 1 aromatic carbocycles. The van der Waals surface area contributed by atoms with Crippen LogP contribution in [0, 0.1) is 0 Å². The van der Waals surface area contributed by atoms with Crippen LogP contribution in [0.3, 0.4) is 0 Å². The minimum absolute atomic E-state index is 0.121. The minimum atomic E-state index is -0.121. The lowest BCUT2D eigenvalue weighted by Crippen LogP contribution is -2.26. The fraction of sp³-hybridized carbons (Fsp3) is 0.143. The molecule has 0 bridgehead atoms. The number of carbonyl (C=O) groups is 1. The van der Waals surface area contributed by atoms with Crippen LogP contribution in [0.2, 0.25) is 10.0 Å². The molecule has 2 aromatic rings. The van der Waals surface area contributed by atoms with E-state index in [9.17, 15) is 4.79 Å². The number of carbonyl (C=O) groups excluding carboxylic acids is 1. The summed E-state index contributed by atoms with van der Waals surface area (Å²) in [5, 5.41) is 1.12. The molecular weight excluding hydrogens is 363 g/mol. The predicted octanol–water partition coefficient (Wildman–Crippen LogP) is 4.42. The average molecular weight is 374 g/mol. The zero-order chi connectivity index (χ0) is 14.7. The fourth-order valence-electron chi connectivity index (χ4n) is 1.73. The molecule has 6 heteroatoms. The van der Waals surface area contributed by atoms with Gasteiger partial charge in [0.15, 0.2) is 0 Å². The van der Waals surface area contributed by atoms with Crippen molar-refractivity contribution in [2.45, 2.75) is 6.54 Å². The molecule has 0 spiro atoms. The number of rotatable bonds is 3. The molecule has 0 saturated carbocycles. The first-order valence-electron chi connectivity index (χ1n) is 5.77. The van der Waals surface area contributed by atoms with Crippen LogP contribution in [0.5, 0.6) is 0 Å². The SMILES string of the molecule is CN(Cc1ccc(Cl)cc1Cl)C(=O)c1cncc(Br)c1. The van der Waals surface area contributed by atoms with Gasteiger partial charge in [-0.1, -0.05) is 29.3 Å². The van der Waals surface area contributed by atoms with E-state index in [0.29, 0.717) is 22.2 Å². The van der Waals surface area contributed by atoms with Crippen LogP contribution in [0.4, 0.5) is 0 Å². The van der Waals surface area contributed by atoms with Crippen molar-refractivity contribution < 1.29 is 4.79 Å². The van der Waals surface area contributed by atoms with E-state index in [0.717, 1.165) is 10.0 Å². The Morgan fingerprint density at radius 3 is 2.70 bits per heavy atom. The molecule has 0 atom stereocenters. The van der Waals surface area contributed by atoms with Crippen LogP contribution < -0.4 is 0 Å². The van der Waals surface area contributed by atoms with Crippen molar-refractivity contribution in [1.82, 2.24) is 9.88 Å². The molecule has 0 saturated heterocycles. The molecule has 0 unspecified atom stereocenters. The van der Waals surface area contributed by atoms with E-state index in [2.05, 4.69) is 20.9 Å². The Labute approximate surface area is 135 Å². The van der Waals surface area contributed by atoms with Gasteiger partial charge >= 0.3 is 0 Å². The molecule has 20 heavy (non-hydrogen) atoms. The maximum absolute atomic E-state index is 12.3. The first-order valence-corrected chi connectivity index (χ1v) is 7.32. The fourth-order valence-corrected chi connectivity index (χ4v) is 2.56. The van der Waals surface area contributed by atoms with Crippen molar-refractivity contribution in [1.29, 1.82) is 0 Å². The van der Waals surface area contributed by atoms with Gasteiger partial charge in [0.05, 0.1) is 5.56 Å². The van der Waals surface area contributed by atoms with E-state index >= 15 is 0 Å². The second kappa shape index (κ2) is 6.57. The number of halogens is 3. The molecule has 1 heterocycles. The van der Waals surface area contributed by atoms with Crippen molar-refractivity contribution >= 4 is 45.0 Å². The third-order valence-electron chi connectivity index (χ3n) is 2.72. The Kier molecular flexibility index (Phi) is 5.02. The maximum atomic E-state index is 12.3. The summed E-state index contributed by atoms with van der Waals surface area (Å²) < 4.78 is 0.765. The van der Waals surface area contributed by atoms with Gasteiger partial charge in [0.25, 0.3) is 5.91 Å². The van der Waals surface area contributed by atoms with Gasteiger partial charge in [-0.15, -0.1) is 0 Å². The molecule has 0 aliphatic heterocycles. The molecule has 0 aliphatic carbocycles. The number of pyridine rings is 1. The summed E-state index contributed by atoms with van der Waals surface area (Å²) in [6.07, 6.45) is 3.17. The van der Waals surface area contributed by atoms with Gasteiger partial charge in [-0.3, -0.25) is 9.78 Å². The highest BCUT2D eigenvalue weighted by atomic mass is 79.9. The monoisotopic (exact) mass is 372 g/mol. The van der Waals surface area contributed by atoms with Crippen molar-refractivity contribution in [3.05, 3.63) is 62.3 Å². The molecular formula is C14H11BrCl2N2O. The third-order valence-corrected chi connectivity index (χ3v) is 3.74. The lowest BCUT2D eigenvalue weighted by atomic mass is 10.2. The highest BCUT2D eigenvalue weighted by Crippen LogP contribution is 2.22. The normalized spacial score (nSPS) is 10.4. The highest BCUT2D eigenvalue weighted by Gasteiger charge is 2.14. The van der Waals surface area contributed by atoms with Gasteiger partial charge in [-0.25, -0.2) is 0 Å². The summed E-state index contributed by atoms with van der Waals surface area (Å²) in [5.41, 5.74) is 1.36. The van der Waals surface area contributed by atoms with Crippen molar-refractivity contribution in [3.63, 3.8) is 0 Å². The molecule has 0 N–H and O–H groups in total. The number of benzene rings is 1. The van der Waals surface area contributed by atoms with E-state index in [1.54, 1.807) is 36.3 Å². The lowest BCUT2D eigenvalue weighted by molar-refractivity contribution is 0.0784. The summed E-state index contributed by atoms with van der Waals surface area (Å²) in [4.78, 5) is 17.8. The third kappa shape index (κ3) is 3.72. The summed E-state index contributed by atoms with van der Waals surface area (Å²) in [7, 11) is 1.72. The van der Waals surface area contributed by atoms with E-state index < -0.39 is 0 Å². The molecule has 1 amide bonds. The van der Waals surface area contributed by atoms with Crippen LogP contribution in [-0.4, -0.2) is 22.8 Å². The summed E-state index contributed by atoms with van der Waals surface area (Å²) in [5.74, 6) is -0.121. The average Bonchev–Trinajstić information content (AvgIpc) is 2.41. The highest BCUT2D eigenvalue weighted by molar-refractivity contribution is 9.10. The summed E-state index contributed by atoms with van der Waals surface area (Å²) in [6.45, 7) is 0.404. The standard InChI is InChI=1S/C14H11BrCl2N2O/c1-19(8-9-2-3-12(16)5-13(9)17)14(20)10-4-11(15)7-18-6-10/h2-7H,8H2,1H3. The zero-order valence-corrected chi connectivity index (χ0v) is 13.7. The van der Waals surface area contributed by atoms with E-state index in [1.807, 2.05) is 6.07 Å². The second-order valence-corrected chi connectivity index (χ2v) is 6.05. The van der Waals surface area contributed by atoms with E-state index in [-0.39, 0.29) is 5.91 Å². The van der Waals surface area contributed by atoms with Crippen LogP contribution in [0.1, 0.15) is 15.9 Å². The van der Waals surface area contributed by atoms with Crippen molar-refractivity contribution in [2.24, 2.45) is 0 Å². The number of hydrogen-bond acceptors (Lipinski definition) is 2. The van der Waals surface area contributed by atoms with Gasteiger partial charge in [-0.05, 0) is 39.7 Å². The van der Waals surface area contributed by atoms with Gasteiger partial charge in [-0.2, -0.15) is 0 Å². The Morgan fingerprint density at radius 2 is 2.05 bits per heavy atom. The lowest BCUT2D eigenvalue weighted by Gasteiger charge is -2.18. The van der Waals surface area contributed by atoms with Gasteiger partial charge < -0.3 is 4.90 Å². The van der Waals surface area contributed by atoms with Gasteiger partial charge in [0.2, 0.25) is 0 Å². The molecule has 0 aliphatic rings. The minimum Gasteiger partial charge on any atom is -0.337 e. The first kappa shape index (κ1) is 15.3. The van der Waals surface area contributed by atoms with Crippen LogP contribution in [0.25, 0.3) is 0 Å². The number of aromatic nitrogens is 1. The Morgan fingerprint density at radius 1 is 1.30 bits per heavy atom. The van der Waals surface area contributed by atoms with Crippen LogP contribution in [-0.2, 0) is 6.54 Å². The quantitative estimate of drug-likeness (QED) is 0.797. The van der Waals surface area contributed by atoms with E-state index in [4.69, 9.17) is 23.2 Å². The number of amides is 1. The Hall–Kier alpha value is -1.10. The van der Waals surface area contributed by atoms with Gasteiger partial charge in [0.1, 0.15) is 0 Å².